The van der Waals surface area contributed by atoms with Gasteiger partial charge in [0.25, 0.3) is 0 Å². The normalized spacial score (nSPS) is 15.0. The molecule has 9 aromatic rings. The topological polar surface area (TPSA) is 239 Å². The van der Waals surface area contributed by atoms with Gasteiger partial charge in [-0.05, 0) is 48.5 Å². The number of anilines is 9. The number of fused-ring (bicyclic) bond motifs is 3. The smallest absolute Gasteiger partial charge is 0.180 e. The van der Waals surface area contributed by atoms with Crippen LogP contribution in [-0.4, -0.2) is 139 Å². The second kappa shape index (κ2) is 21.4. The highest BCUT2D eigenvalue weighted by Gasteiger charge is 2.14. The van der Waals surface area contributed by atoms with Crippen molar-refractivity contribution >= 4 is 85.2 Å². The third-order valence-corrected chi connectivity index (χ3v) is 11.4. The van der Waals surface area contributed by atoms with Crippen LogP contribution in [0.15, 0.2) is 123 Å². The van der Waals surface area contributed by atoms with Crippen molar-refractivity contribution in [1.29, 1.82) is 0 Å². The molecule has 0 bridgehead atoms. The first kappa shape index (κ1) is 43.6. The maximum atomic E-state index is 4.46. The lowest BCUT2D eigenvalue weighted by Crippen LogP contribution is -2.43. The minimum absolute atomic E-state index is 0.621. The molecule has 3 fully saturated rings. The first-order chi connectivity index (χ1) is 33.6. The quantitative estimate of drug-likeness (QED) is 0.104. The monoisotopic (exact) mass is 909 g/mol. The van der Waals surface area contributed by atoms with Gasteiger partial charge in [-0.3, -0.25) is 10.1 Å². The summed E-state index contributed by atoms with van der Waals surface area (Å²) in [7, 11) is 0. The highest BCUT2D eigenvalue weighted by atomic mass is 15.2. The van der Waals surface area contributed by atoms with Crippen molar-refractivity contribution in [2.24, 2.45) is 0 Å². The molecule has 0 spiro atoms. The summed E-state index contributed by atoms with van der Waals surface area (Å²) in [5.41, 5.74) is 7.24. The highest BCUT2D eigenvalue weighted by Crippen LogP contribution is 2.24. The lowest BCUT2D eigenvalue weighted by Gasteiger charge is -2.29. The maximum absolute atomic E-state index is 4.46. The number of pyridine rings is 6. The number of H-pyrrole nitrogens is 1. The van der Waals surface area contributed by atoms with Gasteiger partial charge in [-0.25, -0.2) is 44.9 Å². The van der Waals surface area contributed by atoms with Gasteiger partial charge in [-0.15, -0.1) is 0 Å². The summed E-state index contributed by atoms with van der Waals surface area (Å²) in [6.07, 6.45) is 15.7. The molecular weight excluding hydrogens is 859 g/mol. The van der Waals surface area contributed by atoms with Gasteiger partial charge in [0, 0.05) is 156 Å². The summed E-state index contributed by atoms with van der Waals surface area (Å²) in [5.74, 6) is 4.44. The molecule has 3 saturated heterocycles. The molecule has 9 aromatic heterocycles. The third-order valence-electron chi connectivity index (χ3n) is 11.4. The molecule has 0 aromatic carbocycles. The van der Waals surface area contributed by atoms with Crippen LogP contribution in [0, 0.1) is 0 Å². The number of piperazine rings is 3. The lowest BCUT2D eigenvalue weighted by molar-refractivity contribution is 0.589. The summed E-state index contributed by atoms with van der Waals surface area (Å²) < 4.78 is 0. The standard InChI is InChI=1S/2C16H17N7.C15H17N7/c1-2-14(22-16-13(1)18-5-6-20-16)21-15-11-12(3-4-19-15)23-9-7-17-8-10-23;1-2-13-16(19-4-1)22-15(11-20-13)21-14-10-12(3-5-18-14)23-8-6-17-7-9-23;1-2-17-15(8-12(1)22-5-3-16-4-6-22)20-14-7-11-9-19-21-13(11)10-18-14/h1-6,11,17H,7-10H2,(H,19,20,21,22);1-5,10-11,17H,6-9H2,(H,18,19,21,22);1-2,7-10,16H,3-6H2,(H,19,21)(H,17,18,20). The Kier molecular flexibility index (Phi) is 13.7. The minimum atomic E-state index is 0.621. The lowest BCUT2D eigenvalue weighted by atomic mass is 10.3. The molecule has 0 amide bonds. The van der Waals surface area contributed by atoms with Crippen LogP contribution in [0.2, 0.25) is 0 Å². The van der Waals surface area contributed by atoms with Crippen LogP contribution in [-0.2, 0) is 0 Å². The Morgan fingerprint density at radius 2 is 0.897 bits per heavy atom. The third kappa shape index (κ3) is 11.2. The predicted octanol–water partition coefficient (Wildman–Crippen LogP) is 4.65. The van der Waals surface area contributed by atoms with E-state index in [1.807, 2.05) is 79.3 Å². The molecular formula is C47H51N21. The fourth-order valence-corrected chi connectivity index (χ4v) is 7.96. The van der Waals surface area contributed by atoms with Crippen LogP contribution in [0.3, 0.4) is 0 Å². The number of aromatic amines is 1. The van der Waals surface area contributed by atoms with E-state index in [2.05, 4.69) is 113 Å². The van der Waals surface area contributed by atoms with E-state index in [4.69, 9.17) is 0 Å². The molecule has 21 heteroatoms. The Hall–Kier alpha value is -8.27. The molecule has 7 N–H and O–H groups in total. The van der Waals surface area contributed by atoms with E-state index in [-0.39, 0.29) is 0 Å². The average molecular weight is 910 g/mol. The van der Waals surface area contributed by atoms with E-state index in [0.29, 0.717) is 22.9 Å². The molecule has 68 heavy (non-hydrogen) atoms. The number of aromatic nitrogens is 12. The SMILES string of the molecule is c1cc(N2CCNCC2)cc(Nc2cc3cn[nH]c3cn2)n1.c1cc(N2CCNCC2)cc(Nc2ccc3nccnc3n2)n1.c1cnc2nc(Nc3cc(N4CCNCC4)ccn3)cnc2c1. The molecule has 0 atom stereocenters. The van der Waals surface area contributed by atoms with Crippen LogP contribution in [0.1, 0.15) is 0 Å². The van der Waals surface area contributed by atoms with Gasteiger partial charge < -0.3 is 46.6 Å². The van der Waals surface area contributed by atoms with E-state index >= 15 is 0 Å². The number of hydrogen-bond acceptors (Lipinski definition) is 20. The van der Waals surface area contributed by atoms with Crippen LogP contribution in [0.5, 0.6) is 0 Å². The van der Waals surface area contributed by atoms with Gasteiger partial charge in [0.05, 0.1) is 24.1 Å². The van der Waals surface area contributed by atoms with Crippen molar-refractivity contribution in [1.82, 2.24) is 76.0 Å². The van der Waals surface area contributed by atoms with Crippen molar-refractivity contribution in [3.05, 3.63) is 123 Å². The molecule has 344 valence electrons. The summed E-state index contributed by atoms with van der Waals surface area (Å²) >= 11 is 0. The molecule has 12 rings (SSSR count). The second-order valence-corrected chi connectivity index (χ2v) is 16.0. The maximum Gasteiger partial charge on any atom is 0.180 e. The van der Waals surface area contributed by atoms with Crippen LogP contribution in [0.25, 0.3) is 33.2 Å². The highest BCUT2D eigenvalue weighted by molar-refractivity contribution is 5.80. The Bertz CT molecular complexity index is 2920. The van der Waals surface area contributed by atoms with E-state index in [9.17, 15) is 0 Å². The zero-order valence-corrected chi connectivity index (χ0v) is 37.3. The summed E-state index contributed by atoms with van der Waals surface area (Å²) in [4.78, 5) is 50.5. The summed E-state index contributed by atoms with van der Waals surface area (Å²) in [5, 5.41) is 27.7. The fraction of sp³-hybridized carbons (Fsp3) is 0.255. The van der Waals surface area contributed by atoms with Crippen molar-refractivity contribution in [2.75, 3.05) is 109 Å². The molecule has 0 aliphatic carbocycles. The van der Waals surface area contributed by atoms with Crippen LogP contribution in [0.4, 0.5) is 52.0 Å². The average Bonchev–Trinajstić information content (AvgIpc) is 3.88. The van der Waals surface area contributed by atoms with Crippen molar-refractivity contribution in [2.45, 2.75) is 0 Å². The molecule has 12 heterocycles. The largest absolute Gasteiger partial charge is 0.369 e. The van der Waals surface area contributed by atoms with Crippen LogP contribution < -0.4 is 46.6 Å². The Morgan fingerprint density at radius 3 is 1.50 bits per heavy atom. The predicted molar refractivity (Wildman–Crippen MR) is 266 cm³/mol. The van der Waals surface area contributed by atoms with Gasteiger partial charge >= 0.3 is 0 Å². The zero-order valence-electron chi connectivity index (χ0n) is 37.3. The molecule has 21 nitrogen and oxygen atoms in total. The molecule has 0 unspecified atom stereocenters. The molecule has 0 radical (unpaired) electrons. The number of rotatable bonds is 9. The minimum Gasteiger partial charge on any atom is -0.369 e. The van der Waals surface area contributed by atoms with Gasteiger partial charge in [0.2, 0.25) is 0 Å². The Balaban J connectivity index is 0.000000119. The Labute approximate surface area is 391 Å². The van der Waals surface area contributed by atoms with Crippen LogP contribution >= 0.6 is 0 Å². The van der Waals surface area contributed by atoms with E-state index in [0.717, 1.165) is 129 Å². The van der Waals surface area contributed by atoms with E-state index < -0.39 is 0 Å². The first-order valence-corrected chi connectivity index (χ1v) is 22.7. The number of hydrogen-bond donors (Lipinski definition) is 7. The number of nitrogens with one attached hydrogen (secondary N) is 7. The number of nitrogens with zero attached hydrogens (tertiary/aromatic N) is 14. The van der Waals surface area contributed by atoms with E-state index in [1.54, 1.807) is 37.2 Å². The van der Waals surface area contributed by atoms with E-state index in [1.165, 1.54) is 11.4 Å². The van der Waals surface area contributed by atoms with Crippen molar-refractivity contribution < 1.29 is 0 Å². The van der Waals surface area contributed by atoms with Gasteiger partial charge in [-0.1, -0.05) is 0 Å². The fourth-order valence-electron chi connectivity index (χ4n) is 7.96. The second-order valence-electron chi connectivity index (χ2n) is 16.0. The Morgan fingerprint density at radius 1 is 0.397 bits per heavy atom. The first-order valence-electron chi connectivity index (χ1n) is 22.7. The van der Waals surface area contributed by atoms with Gasteiger partial charge in [-0.2, -0.15) is 5.10 Å². The van der Waals surface area contributed by atoms with Crippen molar-refractivity contribution in [3.63, 3.8) is 0 Å². The van der Waals surface area contributed by atoms with Gasteiger partial charge in [0.15, 0.2) is 17.1 Å². The van der Waals surface area contributed by atoms with Gasteiger partial charge in [0.1, 0.15) is 40.1 Å². The molecule has 0 saturated carbocycles. The summed E-state index contributed by atoms with van der Waals surface area (Å²) in [6.45, 7) is 12.1. The molecule has 3 aliphatic heterocycles. The molecule has 3 aliphatic rings. The van der Waals surface area contributed by atoms with Crippen molar-refractivity contribution in [3.8, 4) is 0 Å². The zero-order chi connectivity index (χ0) is 45.7. The summed E-state index contributed by atoms with van der Waals surface area (Å²) in [6, 6.07) is 21.7.